The van der Waals surface area contributed by atoms with Crippen molar-refractivity contribution in [2.45, 2.75) is 25.9 Å². The van der Waals surface area contributed by atoms with E-state index in [1.807, 2.05) is 32.9 Å². The van der Waals surface area contributed by atoms with Crippen molar-refractivity contribution in [3.8, 4) is 17.1 Å². The molecule has 0 atom stereocenters. The summed E-state index contributed by atoms with van der Waals surface area (Å²) >= 11 is 7.56. The Morgan fingerprint density at radius 2 is 1.78 bits per heavy atom. The van der Waals surface area contributed by atoms with Crippen molar-refractivity contribution in [2.24, 2.45) is 5.41 Å². The second kappa shape index (κ2) is 7.82. The topological polar surface area (TPSA) is 47.8 Å². The summed E-state index contributed by atoms with van der Waals surface area (Å²) in [6.07, 6.45) is 0. The van der Waals surface area contributed by atoms with Crippen LogP contribution in [-0.4, -0.2) is 26.3 Å². The van der Waals surface area contributed by atoms with E-state index in [1.165, 1.54) is 17.8 Å². The Hall–Kier alpha value is -2.18. The fourth-order valence-electron chi connectivity index (χ4n) is 2.38. The van der Waals surface area contributed by atoms with Crippen LogP contribution in [0.5, 0.6) is 0 Å². The average Bonchev–Trinajstić information content (AvgIpc) is 3.03. The van der Waals surface area contributed by atoms with Gasteiger partial charge in [-0.1, -0.05) is 68.4 Å². The van der Waals surface area contributed by atoms with Crippen LogP contribution in [0.2, 0.25) is 5.02 Å². The number of para-hydroxylation sites is 1. The Morgan fingerprint density at radius 3 is 2.44 bits per heavy atom. The molecule has 0 amide bonds. The first-order valence-corrected chi connectivity index (χ1v) is 9.76. The summed E-state index contributed by atoms with van der Waals surface area (Å²) in [6, 6.07) is 13.6. The number of ketones is 1. The zero-order valence-electron chi connectivity index (χ0n) is 15.2. The van der Waals surface area contributed by atoms with Crippen molar-refractivity contribution in [1.82, 2.24) is 14.8 Å². The summed E-state index contributed by atoms with van der Waals surface area (Å²) in [5.74, 6) is 0.319. The van der Waals surface area contributed by atoms with Crippen LogP contribution in [0.3, 0.4) is 0 Å². The molecule has 0 aliphatic rings. The number of benzene rings is 2. The molecule has 0 bridgehead atoms. The van der Waals surface area contributed by atoms with E-state index < -0.39 is 11.2 Å². The van der Waals surface area contributed by atoms with Gasteiger partial charge in [-0.3, -0.25) is 9.36 Å². The molecule has 0 spiro atoms. The molecule has 0 aliphatic carbocycles. The molecule has 0 fully saturated rings. The van der Waals surface area contributed by atoms with E-state index in [1.54, 1.807) is 34.9 Å². The summed E-state index contributed by atoms with van der Waals surface area (Å²) < 4.78 is 16.1. The summed E-state index contributed by atoms with van der Waals surface area (Å²) in [4.78, 5) is 12.3. The standard InChI is InChI=1S/C20H19ClFN3OS/c1-20(2,3)17(26)12-27-19-24-23-18(13-8-4-5-9-14(13)21)25(19)16-11-7-6-10-15(16)22/h4-11H,12H2,1-3H3. The Morgan fingerprint density at radius 1 is 1.11 bits per heavy atom. The summed E-state index contributed by atoms with van der Waals surface area (Å²) in [7, 11) is 0. The van der Waals surface area contributed by atoms with Crippen molar-refractivity contribution in [1.29, 1.82) is 0 Å². The molecule has 140 valence electrons. The maximum Gasteiger partial charge on any atom is 0.196 e. The van der Waals surface area contributed by atoms with Crippen LogP contribution >= 0.6 is 23.4 Å². The molecule has 4 nitrogen and oxygen atoms in total. The number of Topliss-reactive ketones (excluding diaryl/α,β-unsaturated/α-hetero) is 1. The van der Waals surface area contributed by atoms with E-state index in [2.05, 4.69) is 10.2 Å². The van der Waals surface area contributed by atoms with Gasteiger partial charge in [0.15, 0.2) is 11.0 Å². The molecule has 0 saturated carbocycles. The Kier molecular flexibility index (Phi) is 5.67. The summed E-state index contributed by atoms with van der Waals surface area (Å²) in [6.45, 7) is 5.60. The van der Waals surface area contributed by atoms with Crippen molar-refractivity contribution in [3.05, 3.63) is 59.4 Å². The molecular formula is C20H19ClFN3OS. The molecule has 1 aromatic heterocycles. The monoisotopic (exact) mass is 403 g/mol. The number of rotatable bonds is 5. The van der Waals surface area contributed by atoms with Gasteiger partial charge in [-0.25, -0.2) is 4.39 Å². The number of carbonyl (C=O) groups excluding carboxylic acids is 1. The molecule has 0 saturated heterocycles. The second-order valence-electron chi connectivity index (χ2n) is 7.03. The van der Waals surface area contributed by atoms with Gasteiger partial charge < -0.3 is 0 Å². The normalized spacial score (nSPS) is 11.6. The van der Waals surface area contributed by atoms with Crippen LogP contribution in [0.15, 0.2) is 53.7 Å². The van der Waals surface area contributed by atoms with Gasteiger partial charge >= 0.3 is 0 Å². The van der Waals surface area contributed by atoms with Gasteiger partial charge in [0.25, 0.3) is 0 Å². The maximum atomic E-state index is 14.5. The van der Waals surface area contributed by atoms with Gasteiger partial charge in [-0.05, 0) is 24.3 Å². The van der Waals surface area contributed by atoms with Crippen molar-refractivity contribution in [3.63, 3.8) is 0 Å². The molecule has 0 N–H and O–H groups in total. The number of carbonyl (C=O) groups is 1. The van der Waals surface area contributed by atoms with Crippen LogP contribution < -0.4 is 0 Å². The smallest absolute Gasteiger partial charge is 0.196 e. The zero-order chi connectivity index (χ0) is 19.6. The van der Waals surface area contributed by atoms with E-state index >= 15 is 0 Å². The van der Waals surface area contributed by atoms with Crippen LogP contribution in [-0.2, 0) is 4.79 Å². The van der Waals surface area contributed by atoms with Gasteiger partial charge in [0.05, 0.1) is 16.5 Å². The molecule has 0 unspecified atom stereocenters. The van der Waals surface area contributed by atoms with Crippen LogP contribution in [0.25, 0.3) is 17.1 Å². The quantitative estimate of drug-likeness (QED) is 0.532. The van der Waals surface area contributed by atoms with Gasteiger partial charge in [0.1, 0.15) is 11.6 Å². The first-order chi connectivity index (χ1) is 12.8. The minimum absolute atomic E-state index is 0.0786. The number of hydrogen-bond donors (Lipinski definition) is 0. The fourth-order valence-corrected chi connectivity index (χ4v) is 3.70. The van der Waals surface area contributed by atoms with Crippen molar-refractivity contribution in [2.75, 3.05) is 5.75 Å². The van der Waals surface area contributed by atoms with E-state index in [0.717, 1.165) is 0 Å². The second-order valence-corrected chi connectivity index (χ2v) is 8.38. The minimum Gasteiger partial charge on any atom is -0.298 e. The Balaban J connectivity index is 2.09. The lowest BCUT2D eigenvalue weighted by Crippen LogP contribution is -2.22. The zero-order valence-corrected chi connectivity index (χ0v) is 16.8. The maximum absolute atomic E-state index is 14.5. The Bertz CT molecular complexity index is 981. The third-order valence-electron chi connectivity index (χ3n) is 4.01. The summed E-state index contributed by atoms with van der Waals surface area (Å²) in [5, 5.41) is 9.37. The van der Waals surface area contributed by atoms with Gasteiger partial charge in [0.2, 0.25) is 0 Å². The molecule has 3 rings (SSSR count). The van der Waals surface area contributed by atoms with Gasteiger partial charge in [-0.2, -0.15) is 0 Å². The Labute approximate surface area is 166 Å². The third kappa shape index (κ3) is 4.22. The first-order valence-electron chi connectivity index (χ1n) is 8.40. The van der Waals surface area contributed by atoms with Crippen LogP contribution in [0.1, 0.15) is 20.8 Å². The minimum atomic E-state index is -0.457. The molecule has 0 radical (unpaired) electrons. The average molecular weight is 404 g/mol. The predicted molar refractivity (Wildman–Crippen MR) is 107 cm³/mol. The van der Waals surface area contributed by atoms with Crippen molar-refractivity contribution >= 4 is 29.1 Å². The van der Waals surface area contributed by atoms with Gasteiger partial charge in [0, 0.05) is 11.0 Å². The van der Waals surface area contributed by atoms with Crippen LogP contribution in [0.4, 0.5) is 4.39 Å². The largest absolute Gasteiger partial charge is 0.298 e. The van der Waals surface area contributed by atoms with Crippen molar-refractivity contribution < 1.29 is 9.18 Å². The fraction of sp³-hybridized carbons (Fsp3) is 0.250. The van der Waals surface area contributed by atoms with E-state index in [0.29, 0.717) is 27.3 Å². The first kappa shape index (κ1) is 19.6. The third-order valence-corrected chi connectivity index (χ3v) is 5.27. The molecule has 2 aromatic carbocycles. The highest BCUT2D eigenvalue weighted by atomic mass is 35.5. The predicted octanol–water partition coefficient (Wildman–Crippen LogP) is 5.43. The van der Waals surface area contributed by atoms with Crippen LogP contribution in [0, 0.1) is 11.2 Å². The highest BCUT2D eigenvalue weighted by molar-refractivity contribution is 7.99. The van der Waals surface area contributed by atoms with E-state index in [4.69, 9.17) is 11.6 Å². The lowest BCUT2D eigenvalue weighted by molar-refractivity contribution is -0.123. The lowest BCUT2D eigenvalue weighted by atomic mass is 9.92. The number of hydrogen-bond acceptors (Lipinski definition) is 4. The van der Waals surface area contributed by atoms with E-state index in [-0.39, 0.29) is 11.5 Å². The number of nitrogens with zero attached hydrogens (tertiary/aromatic N) is 3. The molecule has 1 heterocycles. The number of halogens is 2. The SMILES string of the molecule is CC(C)(C)C(=O)CSc1nnc(-c2ccccc2Cl)n1-c1ccccc1F. The highest BCUT2D eigenvalue weighted by Gasteiger charge is 2.24. The highest BCUT2D eigenvalue weighted by Crippen LogP contribution is 2.33. The number of aromatic nitrogens is 3. The van der Waals surface area contributed by atoms with Gasteiger partial charge in [-0.15, -0.1) is 10.2 Å². The molecular weight excluding hydrogens is 385 g/mol. The molecule has 27 heavy (non-hydrogen) atoms. The molecule has 7 heteroatoms. The lowest BCUT2D eigenvalue weighted by Gasteiger charge is -2.16. The molecule has 0 aliphatic heterocycles. The number of thioether (sulfide) groups is 1. The van der Waals surface area contributed by atoms with E-state index in [9.17, 15) is 9.18 Å². The summed E-state index contributed by atoms with van der Waals surface area (Å²) in [5.41, 5.74) is 0.494. The molecule has 3 aromatic rings.